The lowest BCUT2D eigenvalue weighted by molar-refractivity contribution is 0.0431. The van der Waals surface area contributed by atoms with E-state index in [1.807, 2.05) is 0 Å². The number of hydrogen-bond acceptors (Lipinski definition) is 6. The summed E-state index contributed by atoms with van der Waals surface area (Å²) in [6, 6.07) is 14.3. The van der Waals surface area contributed by atoms with Crippen LogP contribution in [0.1, 0.15) is 16.4 Å². The van der Waals surface area contributed by atoms with E-state index in [9.17, 15) is 9.18 Å². The van der Waals surface area contributed by atoms with Gasteiger partial charge in [0, 0.05) is 5.56 Å². The SMILES string of the molecule is O=C(OCc1nnc(-c2ccccc2Cl)o1)c1cc(-c2ccc(F)cc2)n[nH]1. The normalized spacial score (nSPS) is 10.8. The number of aromatic nitrogens is 4. The molecule has 140 valence electrons. The molecular weight excluding hydrogens is 387 g/mol. The summed E-state index contributed by atoms with van der Waals surface area (Å²) in [5.41, 5.74) is 1.89. The van der Waals surface area contributed by atoms with Gasteiger partial charge >= 0.3 is 5.97 Å². The highest BCUT2D eigenvalue weighted by atomic mass is 35.5. The van der Waals surface area contributed by atoms with Crippen LogP contribution < -0.4 is 0 Å². The summed E-state index contributed by atoms with van der Waals surface area (Å²) < 4.78 is 23.6. The number of benzene rings is 2. The molecule has 0 atom stereocenters. The highest BCUT2D eigenvalue weighted by molar-refractivity contribution is 6.33. The van der Waals surface area contributed by atoms with E-state index in [1.165, 1.54) is 18.2 Å². The molecule has 0 amide bonds. The van der Waals surface area contributed by atoms with Crippen molar-refractivity contribution in [1.82, 2.24) is 20.4 Å². The fourth-order valence-corrected chi connectivity index (χ4v) is 2.67. The van der Waals surface area contributed by atoms with Crippen molar-refractivity contribution in [2.45, 2.75) is 6.61 Å². The number of esters is 1. The van der Waals surface area contributed by atoms with Crippen LogP contribution in [0, 0.1) is 5.82 Å². The summed E-state index contributed by atoms with van der Waals surface area (Å²) >= 11 is 6.09. The number of carbonyl (C=O) groups is 1. The van der Waals surface area contributed by atoms with Gasteiger partial charge in [-0.3, -0.25) is 5.10 Å². The van der Waals surface area contributed by atoms with Crippen LogP contribution in [0.5, 0.6) is 0 Å². The zero-order chi connectivity index (χ0) is 19.5. The molecule has 9 heteroatoms. The van der Waals surface area contributed by atoms with Crippen LogP contribution in [-0.4, -0.2) is 26.4 Å². The summed E-state index contributed by atoms with van der Waals surface area (Å²) in [5.74, 6) is -0.633. The molecule has 4 aromatic rings. The van der Waals surface area contributed by atoms with E-state index in [1.54, 1.807) is 36.4 Å². The number of halogens is 2. The lowest BCUT2D eigenvalue weighted by atomic mass is 10.1. The summed E-state index contributed by atoms with van der Waals surface area (Å²) in [4.78, 5) is 12.2. The minimum absolute atomic E-state index is 0.126. The Morgan fingerprint density at radius 2 is 1.93 bits per heavy atom. The third-order valence-electron chi connectivity index (χ3n) is 3.84. The first-order valence-electron chi connectivity index (χ1n) is 8.16. The quantitative estimate of drug-likeness (QED) is 0.504. The van der Waals surface area contributed by atoms with Gasteiger partial charge in [-0.25, -0.2) is 9.18 Å². The number of nitrogens with zero attached hydrogens (tertiary/aromatic N) is 3. The van der Waals surface area contributed by atoms with Crippen LogP contribution >= 0.6 is 11.6 Å². The molecule has 1 N–H and O–H groups in total. The Hall–Kier alpha value is -3.52. The Kier molecular flexibility index (Phi) is 4.86. The van der Waals surface area contributed by atoms with Crippen LogP contribution in [0.4, 0.5) is 4.39 Å². The van der Waals surface area contributed by atoms with Crippen molar-refractivity contribution in [1.29, 1.82) is 0 Å². The molecule has 0 bridgehead atoms. The summed E-state index contributed by atoms with van der Waals surface area (Å²) in [5, 5.41) is 14.8. The van der Waals surface area contributed by atoms with Crippen LogP contribution in [0.3, 0.4) is 0 Å². The van der Waals surface area contributed by atoms with Gasteiger partial charge in [0.25, 0.3) is 5.89 Å². The molecule has 0 saturated carbocycles. The lowest BCUT2D eigenvalue weighted by Gasteiger charge is -1.99. The Bertz CT molecular complexity index is 1120. The van der Waals surface area contributed by atoms with E-state index in [4.69, 9.17) is 20.8 Å². The standard InChI is InChI=1S/C19H12ClFN4O3/c20-14-4-2-1-3-13(14)18-25-24-17(28-18)10-27-19(26)16-9-15(22-23-16)11-5-7-12(21)8-6-11/h1-9H,10H2,(H,22,23). The lowest BCUT2D eigenvalue weighted by Crippen LogP contribution is -2.05. The van der Waals surface area contributed by atoms with Crippen molar-refractivity contribution in [2.24, 2.45) is 0 Å². The number of ether oxygens (including phenoxy) is 1. The minimum Gasteiger partial charge on any atom is -0.451 e. The molecule has 0 aliphatic carbocycles. The predicted octanol–water partition coefficient (Wildman–Crippen LogP) is 4.28. The fraction of sp³-hybridized carbons (Fsp3) is 0.0526. The van der Waals surface area contributed by atoms with Gasteiger partial charge < -0.3 is 9.15 Å². The van der Waals surface area contributed by atoms with Crippen molar-refractivity contribution >= 4 is 17.6 Å². The zero-order valence-corrected chi connectivity index (χ0v) is 15.0. The molecule has 0 spiro atoms. The van der Waals surface area contributed by atoms with Crippen molar-refractivity contribution < 1.29 is 18.3 Å². The topological polar surface area (TPSA) is 93.9 Å². The summed E-state index contributed by atoms with van der Waals surface area (Å²) in [6.07, 6.45) is 0. The van der Waals surface area contributed by atoms with Gasteiger partial charge in [-0.05, 0) is 42.5 Å². The summed E-state index contributed by atoms with van der Waals surface area (Å²) in [7, 11) is 0. The maximum atomic E-state index is 13.0. The zero-order valence-electron chi connectivity index (χ0n) is 14.2. The second-order valence-corrected chi connectivity index (χ2v) is 6.14. The van der Waals surface area contributed by atoms with Gasteiger partial charge in [0.15, 0.2) is 6.61 Å². The molecule has 7 nitrogen and oxygen atoms in total. The number of rotatable bonds is 5. The molecule has 0 aliphatic rings. The first-order valence-corrected chi connectivity index (χ1v) is 8.54. The van der Waals surface area contributed by atoms with E-state index >= 15 is 0 Å². The Balaban J connectivity index is 1.41. The first kappa shape index (κ1) is 17.9. The number of H-pyrrole nitrogens is 1. The van der Waals surface area contributed by atoms with E-state index < -0.39 is 5.97 Å². The number of nitrogens with one attached hydrogen (secondary N) is 1. The van der Waals surface area contributed by atoms with E-state index in [0.29, 0.717) is 21.8 Å². The fourth-order valence-electron chi connectivity index (χ4n) is 2.46. The molecule has 28 heavy (non-hydrogen) atoms. The van der Waals surface area contributed by atoms with Gasteiger partial charge in [-0.1, -0.05) is 23.7 Å². The first-order chi connectivity index (χ1) is 13.6. The molecule has 2 aromatic carbocycles. The Morgan fingerprint density at radius 1 is 1.14 bits per heavy atom. The molecule has 0 radical (unpaired) electrons. The van der Waals surface area contributed by atoms with Crippen molar-refractivity contribution in [3.8, 4) is 22.7 Å². The van der Waals surface area contributed by atoms with Gasteiger partial charge in [0.05, 0.1) is 16.3 Å². The number of aromatic amines is 1. The monoisotopic (exact) mass is 398 g/mol. The van der Waals surface area contributed by atoms with Crippen LogP contribution in [-0.2, 0) is 11.3 Å². The second-order valence-electron chi connectivity index (χ2n) is 5.73. The van der Waals surface area contributed by atoms with Gasteiger partial charge in [-0.15, -0.1) is 10.2 Å². The molecule has 0 saturated heterocycles. The molecule has 0 unspecified atom stereocenters. The summed E-state index contributed by atoms with van der Waals surface area (Å²) in [6.45, 7) is -0.207. The van der Waals surface area contributed by atoms with E-state index in [0.717, 1.165) is 0 Å². The molecule has 4 rings (SSSR count). The second kappa shape index (κ2) is 7.61. The average molecular weight is 399 g/mol. The largest absolute Gasteiger partial charge is 0.451 e. The highest BCUT2D eigenvalue weighted by Gasteiger charge is 2.16. The number of carbonyl (C=O) groups excluding carboxylic acids is 1. The van der Waals surface area contributed by atoms with Gasteiger partial charge in [0.1, 0.15) is 11.5 Å². The van der Waals surface area contributed by atoms with Crippen LogP contribution in [0.25, 0.3) is 22.7 Å². The van der Waals surface area contributed by atoms with Crippen LogP contribution in [0.15, 0.2) is 59.0 Å². The van der Waals surface area contributed by atoms with Crippen molar-refractivity contribution in [2.75, 3.05) is 0 Å². The Morgan fingerprint density at radius 3 is 2.71 bits per heavy atom. The molecule has 0 aliphatic heterocycles. The van der Waals surface area contributed by atoms with E-state index in [-0.39, 0.29) is 29.9 Å². The maximum absolute atomic E-state index is 13.0. The van der Waals surface area contributed by atoms with Gasteiger partial charge in [-0.2, -0.15) is 5.10 Å². The molecule has 0 fully saturated rings. The predicted molar refractivity (Wildman–Crippen MR) is 97.8 cm³/mol. The van der Waals surface area contributed by atoms with Crippen LogP contribution in [0.2, 0.25) is 5.02 Å². The third kappa shape index (κ3) is 3.77. The molecular formula is C19H12ClFN4O3. The molecule has 2 heterocycles. The molecule has 2 aromatic heterocycles. The highest BCUT2D eigenvalue weighted by Crippen LogP contribution is 2.26. The number of hydrogen-bond donors (Lipinski definition) is 1. The minimum atomic E-state index is -0.640. The maximum Gasteiger partial charge on any atom is 0.356 e. The third-order valence-corrected chi connectivity index (χ3v) is 4.17. The Labute approximate surface area is 163 Å². The van der Waals surface area contributed by atoms with E-state index in [2.05, 4.69) is 20.4 Å². The van der Waals surface area contributed by atoms with Crippen molar-refractivity contribution in [3.05, 3.63) is 77.0 Å². The van der Waals surface area contributed by atoms with Gasteiger partial charge in [0.2, 0.25) is 5.89 Å². The average Bonchev–Trinajstić information content (AvgIpc) is 3.37. The van der Waals surface area contributed by atoms with Crippen molar-refractivity contribution in [3.63, 3.8) is 0 Å². The smallest absolute Gasteiger partial charge is 0.356 e.